The standard InChI is InChI=1S/C23H35BrN2O2/c1-18-15-25(16-19(2)28-18)17-21-11-13-26(14-12-21)23(27)6-4-3-5-20-7-9-22(24)10-8-20/h7-10,18-19,21H,3-6,11-17H2,1-2H3. The first-order valence-corrected chi connectivity index (χ1v) is 11.7. The Morgan fingerprint density at radius 3 is 2.36 bits per heavy atom. The summed E-state index contributed by atoms with van der Waals surface area (Å²) in [5.41, 5.74) is 1.35. The number of unbranched alkanes of at least 4 members (excludes halogenated alkanes) is 1. The Labute approximate surface area is 178 Å². The van der Waals surface area contributed by atoms with Gasteiger partial charge in [-0.05, 0) is 69.6 Å². The normalized spacial score (nSPS) is 24.5. The van der Waals surface area contributed by atoms with E-state index in [0.717, 1.165) is 75.2 Å². The molecule has 0 bridgehead atoms. The molecule has 1 aromatic rings. The first kappa shape index (κ1) is 21.8. The number of nitrogens with zero attached hydrogens (tertiary/aromatic N) is 2. The summed E-state index contributed by atoms with van der Waals surface area (Å²) in [5.74, 6) is 1.07. The molecule has 0 radical (unpaired) electrons. The van der Waals surface area contributed by atoms with Crippen molar-refractivity contribution in [3.05, 3.63) is 34.3 Å². The van der Waals surface area contributed by atoms with Crippen molar-refractivity contribution < 1.29 is 9.53 Å². The lowest BCUT2D eigenvalue weighted by atomic mass is 9.95. The zero-order valence-electron chi connectivity index (χ0n) is 17.4. The van der Waals surface area contributed by atoms with Gasteiger partial charge < -0.3 is 9.64 Å². The number of hydrogen-bond donors (Lipinski definition) is 0. The largest absolute Gasteiger partial charge is 0.373 e. The van der Waals surface area contributed by atoms with Gasteiger partial charge in [0.25, 0.3) is 0 Å². The van der Waals surface area contributed by atoms with E-state index in [4.69, 9.17) is 4.74 Å². The van der Waals surface area contributed by atoms with E-state index in [9.17, 15) is 4.79 Å². The van der Waals surface area contributed by atoms with E-state index in [0.29, 0.717) is 24.5 Å². The van der Waals surface area contributed by atoms with Crippen LogP contribution in [0.3, 0.4) is 0 Å². The predicted octanol–water partition coefficient (Wildman–Crippen LogP) is 4.51. The number of piperidine rings is 1. The van der Waals surface area contributed by atoms with E-state index >= 15 is 0 Å². The van der Waals surface area contributed by atoms with Crippen molar-refractivity contribution in [1.82, 2.24) is 9.80 Å². The molecule has 2 heterocycles. The Balaban J connectivity index is 1.30. The zero-order chi connectivity index (χ0) is 19.9. The highest BCUT2D eigenvalue weighted by Crippen LogP contribution is 2.22. The van der Waals surface area contributed by atoms with Crippen LogP contribution in [-0.4, -0.2) is 60.6 Å². The average molecular weight is 451 g/mol. The van der Waals surface area contributed by atoms with Crippen molar-refractivity contribution >= 4 is 21.8 Å². The monoisotopic (exact) mass is 450 g/mol. The van der Waals surface area contributed by atoms with Crippen LogP contribution in [0.2, 0.25) is 0 Å². The summed E-state index contributed by atoms with van der Waals surface area (Å²) in [7, 11) is 0. The summed E-state index contributed by atoms with van der Waals surface area (Å²) in [6, 6.07) is 8.49. The predicted molar refractivity (Wildman–Crippen MR) is 117 cm³/mol. The van der Waals surface area contributed by atoms with Gasteiger partial charge in [-0.2, -0.15) is 0 Å². The molecule has 0 saturated carbocycles. The lowest BCUT2D eigenvalue weighted by Gasteiger charge is -2.39. The quantitative estimate of drug-likeness (QED) is 0.572. The molecule has 2 aliphatic rings. The van der Waals surface area contributed by atoms with Crippen molar-refractivity contribution in [2.24, 2.45) is 5.92 Å². The molecule has 5 heteroatoms. The molecule has 28 heavy (non-hydrogen) atoms. The molecule has 3 rings (SSSR count). The van der Waals surface area contributed by atoms with Gasteiger partial charge in [0.2, 0.25) is 5.91 Å². The summed E-state index contributed by atoms with van der Waals surface area (Å²) < 4.78 is 6.96. The molecule has 4 nitrogen and oxygen atoms in total. The summed E-state index contributed by atoms with van der Waals surface area (Å²) in [4.78, 5) is 17.2. The molecule has 0 aliphatic carbocycles. The van der Waals surface area contributed by atoms with Crippen LogP contribution in [0, 0.1) is 5.92 Å². The van der Waals surface area contributed by atoms with E-state index in [1.54, 1.807) is 0 Å². The Bertz CT molecular complexity index is 604. The lowest BCUT2D eigenvalue weighted by Crippen LogP contribution is -2.48. The molecule has 2 atom stereocenters. The fourth-order valence-corrected chi connectivity index (χ4v) is 4.84. The number of carbonyl (C=O) groups excluding carboxylic acids is 1. The van der Waals surface area contributed by atoms with E-state index in [1.165, 1.54) is 5.56 Å². The van der Waals surface area contributed by atoms with E-state index in [2.05, 4.69) is 63.8 Å². The Kier molecular flexibility index (Phi) is 8.36. The highest BCUT2D eigenvalue weighted by molar-refractivity contribution is 9.10. The molecule has 0 aromatic heterocycles. The number of hydrogen-bond acceptors (Lipinski definition) is 3. The Morgan fingerprint density at radius 1 is 1.07 bits per heavy atom. The number of ether oxygens (including phenoxy) is 1. The van der Waals surface area contributed by atoms with Crippen molar-refractivity contribution in [3.63, 3.8) is 0 Å². The minimum Gasteiger partial charge on any atom is -0.373 e. The average Bonchev–Trinajstić information content (AvgIpc) is 2.66. The van der Waals surface area contributed by atoms with Crippen molar-refractivity contribution in [2.75, 3.05) is 32.7 Å². The van der Waals surface area contributed by atoms with Gasteiger partial charge in [-0.3, -0.25) is 9.69 Å². The van der Waals surface area contributed by atoms with Crippen molar-refractivity contribution in [1.29, 1.82) is 0 Å². The first-order valence-electron chi connectivity index (χ1n) is 10.9. The number of likely N-dealkylation sites (tertiary alicyclic amines) is 1. The fourth-order valence-electron chi connectivity index (χ4n) is 4.58. The van der Waals surface area contributed by atoms with Gasteiger partial charge in [0.1, 0.15) is 0 Å². The minimum atomic E-state index is 0.336. The van der Waals surface area contributed by atoms with Crippen LogP contribution in [0.5, 0.6) is 0 Å². The smallest absolute Gasteiger partial charge is 0.222 e. The molecule has 1 amide bonds. The molecule has 1 aromatic carbocycles. The van der Waals surface area contributed by atoms with E-state index in [1.807, 2.05) is 0 Å². The van der Waals surface area contributed by atoms with Crippen LogP contribution >= 0.6 is 15.9 Å². The van der Waals surface area contributed by atoms with Gasteiger partial charge in [0, 0.05) is 43.6 Å². The zero-order valence-corrected chi connectivity index (χ0v) is 19.0. The number of rotatable bonds is 7. The summed E-state index contributed by atoms with van der Waals surface area (Å²) >= 11 is 3.47. The maximum Gasteiger partial charge on any atom is 0.222 e. The molecule has 0 N–H and O–H groups in total. The first-order chi connectivity index (χ1) is 13.5. The lowest BCUT2D eigenvalue weighted by molar-refractivity contribution is -0.133. The molecule has 2 unspecified atom stereocenters. The van der Waals surface area contributed by atoms with Crippen LogP contribution in [0.15, 0.2) is 28.7 Å². The highest BCUT2D eigenvalue weighted by atomic mass is 79.9. The van der Waals surface area contributed by atoms with Crippen LogP contribution in [0.25, 0.3) is 0 Å². The van der Waals surface area contributed by atoms with E-state index < -0.39 is 0 Å². The molecule has 156 valence electrons. The second-order valence-corrected chi connectivity index (χ2v) is 9.55. The van der Waals surface area contributed by atoms with Gasteiger partial charge in [0.05, 0.1) is 12.2 Å². The third kappa shape index (κ3) is 6.85. The number of benzene rings is 1. The van der Waals surface area contributed by atoms with Gasteiger partial charge in [-0.25, -0.2) is 0 Å². The van der Waals surface area contributed by atoms with Gasteiger partial charge >= 0.3 is 0 Å². The molecule has 2 fully saturated rings. The molecular weight excluding hydrogens is 416 g/mol. The highest BCUT2D eigenvalue weighted by Gasteiger charge is 2.27. The minimum absolute atomic E-state index is 0.336. The third-order valence-electron chi connectivity index (χ3n) is 6.00. The number of amides is 1. The van der Waals surface area contributed by atoms with Gasteiger partial charge in [0.15, 0.2) is 0 Å². The maximum atomic E-state index is 12.5. The second-order valence-electron chi connectivity index (χ2n) is 8.63. The van der Waals surface area contributed by atoms with Crippen LogP contribution in [0.1, 0.15) is 51.5 Å². The summed E-state index contributed by atoms with van der Waals surface area (Å²) in [5, 5.41) is 0. The molecular formula is C23H35BrN2O2. The van der Waals surface area contributed by atoms with Crippen LogP contribution in [0.4, 0.5) is 0 Å². The van der Waals surface area contributed by atoms with Gasteiger partial charge in [-0.15, -0.1) is 0 Å². The molecule has 0 spiro atoms. The molecule has 2 saturated heterocycles. The third-order valence-corrected chi connectivity index (χ3v) is 6.53. The van der Waals surface area contributed by atoms with Gasteiger partial charge in [-0.1, -0.05) is 28.1 Å². The van der Waals surface area contributed by atoms with Crippen LogP contribution < -0.4 is 0 Å². The number of halogens is 1. The van der Waals surface area contributed by atoms with Crippen molar-refractivity contribution in [2.45, 2.75) is 64.6 Å². The Hall–Kier alpha value is -0.910. The maximum absolute atomic E-state index is 12.5. The SMILES string of the molecule is CC1CN(CC2CCN(C(=O)CCCCc3ccc(Br)cc3)CC2)CC(C)O1. The number of morpholine rings is 1. The topological polar surface area (TPSA) is 32.8 Å². The fraction of sp³-hybridized carbons (Fsp3) is 0.696. The Morgan fingerprint density at radius 2 is 1.71 bits per heavy atom. The second kappa shape index (κ2) is 10.7. The molecule has 2 aliphatic heterocycles. The van der Waals surface area contributed by atoms with E-state index in [-0.39, 0.29) is 0 Å². The van der Waals surface area contributed by atoms with Crippen LogP contribution in [-0.2, 0) is 16.0 Å². The number of aryl methyl sites for hydroxylation is 1. The summed E-state index contributed by atoms with van der Waals surface area (Å²) in [6.07, 6.45) is 6.77. The van der Waals surface area contributed by atoms with Crippen molar-refractivity contribution in [3.8, 4) is 0 Å². The summed E-state index contributed by atoms with van der Waals surface area (Å²) in [6.45, 7) is 9.45. The number of carbonyl (C=O) groups is 1.